The average Bonchev–Trinajstić information content (AvgIpc) is 2.55. The van der Waals surface area contributed by atoms with Gasteiger partial charge in [-0.25, -0.2) is 4.79 Å². The first-order chi connectivity index (χ1) is 10.5. The van der Waals surface area contributed by atoms with Crippen LogP contribution in [0.1, 0.15) is 28.8 Å². The first-order valence-corrected chi connectivity index (χ1v) is 7.36. The summed E-state index contributed by atoms with van der Waals surface area (Å²) >= 11 is 0. The third kappa shape index (κ3) is 3.84. The van der Waals surface area contributed by atoms with Crippen molar-refractivity contribution in [3.05, 3.63) is 29.3 Å². The van der Waals surface area contributed by atoms with Gasteiger partial charge in [0.05, 0.1) is 18.7 Å². The van der Waals surface area contributed by atoms with Gasteiger partial charge in [0.25, 0.3) is 0 Å². The Hall–Kier alpha value is -1.92. The Kier molecular flexibility index (Phi) is 5.51. The van der Waals surface area contributed by atoms with Gasteiger partial charge in [0.1, 0.15) is 0 Å². The Morgan fingerprint density at radius 1 is 1.36 bits per heavy atom. The Balaban J connectivity index is 2.06. The van der Waals surface area contributed by atoms with Crippen LogP contribution in [0.15, 0.2) is 18.2 Å². The molecule has 3 N–H and O–H groups in total. The molecule has 0 aromatic heterocycles. The van der Waals surface area contributed by atoms with E-state index in [2.05, 4.69) is 5.32 Å². The summed E-state index contributed by atoms with van der Waals surface area (Å²) in [7, 11) is 1.33. The molecule has 1 heterocycles. The summed E-state index contributed by atoms with van der Waals surface area (Å²) in [4.78, 5) is 23.9. The lowest BCUT2D eigenvalue weighted by molar-refractivity contribution is -0.119. The third-order valence-electron chi connectivity index (χ3n) is 3.99. The smallest absolute Gasteiger partial charge is 0.338 e. The molecule has 1 saturated heterocycles. The van der Waals surface area contributed by atoms with E-state index >= 15 is 0 Å². The number of benzene rings is 1. The fourth-order valence-corrected chi connectivity index (χ4v) is 2.54. The molecule has 120 valence electrons. The summed E-state index contributed by atoms with van der Waals surface area (Å²) in [6.45, 7) is 3.09. The highest BCUT2D eigenvalue weighted by atomic mass is 16.5. The van der Waals surface area contributed by atoms with E-state index in [1.54, 1.807) is 18.2 Å². The highest BCUT2D eigenvalue weighted by molar-refractivity contribution is 5.97. The van der Waals surface area contributed by atoms with Gasteiger partial charge in [-0.05, 0) is 43.4 Å². The zero-order valence-electron chi connectivity index (χ0n) is 12.9. The normalized spacial score (nSPS) is 16.9. The number of esters is 1. The minimum absolute atomic E-state index is 0.124. The van der Waals surface area contributed by atoms with Crippen molar-refractivity contribution in [1.82, 2.24) is 0 Å². The van der Waals surface area contributed by atoms with Crippen LogP contribution in [0.2, 0.25) is 0 Å². The molecule has 0 saturated carbocycles. The number of methoxy groups -OCH3 is 1. The molecular formula is C16H22N2O4. The van der Waals surface area contributed by atoms with Crippen LogP contribution in [-0.4, -0.2) is 38.2 Å². The molecule has 2 rings (SSSR count). The van der Waals surface area contributed by atoms with Gasteiger partial charge in [-0.15, -0.1) is 0 Å². The predicted molar refractivity (Wildman–Crippen MR) is 82.7 cm³/mol. The maximum atomic E-state index is 12.3. The van der Waals surface area contributed by atoms with Crippen LogP contribution in [-0.2, 0) is 14.3 Å². The van der Waals surface area contributed by atoms with Gasteiger partial charge in [0.15, 0.2) is 0 Å². The van der Waals surface area contributed by atoms with Gasteiger partial charge in [-0.3, -0.25) is 4.79 Å². The molecule has 1 aromatic carbocycles. The lowest BCUT2D eigenvalue weighted by atomic mass is 9.92. The SMILES string of the molecule is COC(=O)c1cc(NC(=O)C(N)C2CCOCC2)ccc1C. The molecule has 0 aliphatic carbocycles. The lowest BCUT2D eigenvalue weighted by Gasteiger charge is -2.26. The van der Waals surface area contributed by atoms with Crippen molar-refractivity contribution >= 4 is 17.6 Å². The van der Waals surface area contributed by atoms with Gasteiger partial charge in [0, 0.05) is 18.9 Å². The van der Waals surface area contributed by atoms with E-state index < -0.39 is 12.0 Å². The summed E-state index contributed by atoms with van der Waals surface area (Å²) in [6.07, 6.45) is 1.58. The largest absolute Gasteiger partial charge is 0.465 e. The van der Waals surface area contributed by atoms with E-state index in [0.717, 1.165) is 18.4 Å². The highest BCUT2D eigenvalue weighted by Gasteiger charge is 2.26. The monoisotopic (exact) mass is 306 g/mol. The fourth-order valence-electron chi connectivity index (χ4n) is 2.54. The van der Waals surface area contributed by atoms with Gasteiger partial charge < -0.3 is 20.5 Å². The van der Waals surface area contributed by atoms with E-state index in [1.165, 1.54) is 7.11 Å². The van der Waals surface area contributed by atoms with Gasteiger partial charge in [-0.2, -0.15) is 0 Å². The first-order valence-electron chi connectivity index (χ1n) is 7.36. The Morgan fingerprint density at radius 2 is 2.05 bits per heavy atom. The Bertz CT molecular complexity index is 553. The summed E-state index contributed by atoms with van der Waals surface area (Å²) in [5, 5.41) is 2.77. The number of carbonyl (C=O) groups is 2. The molecule has 1 atom stereocenters. The molecule has 0 spiro atoms. The van der Waals surface area contributed by atoms with Crippen molar-refractivity contribution in [2.45, 2.75) is 25.8 Å². The summed E-state index contributed by atoms with van der Waals surface area (Å²) in [6, 6.07) is 4.54. The molecule has 1 unspecified atom stereocenters. The standard InChI is InChI=1S/C16H22N2O4/c1-10-3-4-12(9-13(10)16(20)21-2)18-15(19)14(17)11-5-7-22-8-6-11/h3-4,9,11,14H,5-8,17H2,1-2H3,(H,18,19). The number of carbonyl (C=O) groups excluding carboxylic acids is 2. The van der Waals surface area contributed by atoms with Crippen LogP contribution >= 0.6 is 0 Å². The zero-order valence-corrected chi connectivity index (χ0v) is 12.9. The van der Waals surface area contributed by atoms with E-state index in [1.807, 2.05) is 6.92 Å². The summed E-state index contributed by atoms with van der Waals surface area (Å²) in [5.74, 6) is -0.548. The Morgan fingerprint density at radius 3 is 2.68 bits per heavy atom. The molecule has 0 radical (unpaired) electrons. The number of anilines is 1. The molecule has 1 aliphatic heterocycles. The molecule has 1 amide bonds. The van der Waals surface area contributed by atoms with E-state index in [4.69, 9.17) is 15.2 Å². The number of hydrogen-bond acceptors (Lipinski definition) is 5. The van der Waals surface area contributed by atoms with Gasteiger partial charge in [0.2, 0.25) is 5.91 Å². The molecule has 6 nitrogen and oxygen atoms in total. The quantitative estimate of drug-likeness (QED) is 0.822. The number of nitrogens with two attached hydrogens (primary N) is 1. The minimum atomic E-state index is -0.577. The molecule has 22 heavy (non-hydrogen) atoms. The third-order valence-corrected chi connectivity index (χ3v) is 3.99. The van der Waals surface area contributed by atoms with Crippen molar-refractivity contribution in [2.75, 3.05) is 25.6 Å². The second-order valence-corrected chi connectivity index (χ2v) is 5.49. The van der Waals surface area contributed by atoms with E-state index in [-0.39, 0.29) is 11.8 Å². The molecule has 1 aliphatic rings. The lowest BCUT2D eigenvalue weighted by Crippen LogP contribution is -2.44. The summed E-state index contributed by atoms with van der Waals surface area (Å²) in [5.41, 5.74) is 7.80. The fraction of sp³-hybridized carbons (Fsp3) is 0.500. The maximum absolute atomic E-state index is 12.3. The number of nitrogens with one attached hydrogen (secondary N) is 1. The van der Waals surface area contributed by atoms with Crippen molar-refractivity contribution < 1.29 is 19.1 Å². The highest BCUT2D eigenvalue weighted by Crippen LogP contribution is 2.20. The predicted octanol–water partition coefficient (Wildman–Crippen LogP) is 1.47. The van der Waals surface area contributed by atoms with Crippen molar-refractivity contribution in [3.63, 3.8) is 0 Å². The number of aryl methyl sites for hydroxylation is 1. The molecule has 1 fully saturated rings. The number of ether oxygens (including phenoxy) is 2. The maximum Gasteiger partial charge on any atom is 0.338 e. The summed E-state index contributed by atoms with van der Waals surface area (Å²) < 4.78 is 10.0. The number of rotatable bonds is 4. The van der Waals surface area contributed by atoms with Crippen LogP contribution < -0.4 is 11.1 Å². The van der Waals surface area contributed by atoms with E-state index in [9.17, 15) is 9.59 Å². The van der Waals surface area contributed by atoms with Crippen LogP contribution in [0.25, 0.3) is 0 Å². The minimum Gasteiger partial charge on any atom is -0.465 e. The first kappa shape index (κ1) is 16.5. The second-order valence-electron chi connectivity index (χ2n) is 5.49. The molecular weight excluding hydrogens is 284 g/mol. The molecule has 1 aromatic rings. The van der Waals surface area contributed by atoms with Crippen LogP contribution in [0, 0.1) is 12.8 Å². The molecule has 0 bridgehead atoms. The Labute approximate surface area is 130 Å². The number of amides is 1. The average molecular weight is 306 g/mol. The van der Waals surface area contributed by atoms with Crippen molar-refractivity contribution in [2.24, 2.45) is 11.7 Å². The van der Waals surface area contributed by atoms with Crippen LogP contribution in [0.5, 0.6) is 0 Å². The molecule has 6 heteroatoms. The topological polar surface area (TPSA) is 90.7 Å². The number of hydrogen-bond donors (Lipinski definition) is 2. The van der Waals surface area contributed by atoms with Crippen molar-refractivity contribution in [1.29, 1.82) is 0 Å². The van der Waals surface area contributed by atoms with E-state index in [0.29, 0.717) is 24.5 Å². The van der Waals surface area contributed by atoms with Gasteiger partial charge >= 0.3 is 5.97 Å². The van der Waals surface area contributed by atoms with Crippen LogP contribution in [0.3, 0.4) is 0 Å². The zero-order chi connectivity index (χ0) is 16.1. The van der Waals surface area contributed by atoms with Crippen LogP contribution in [0.4, 0.5) is 5.69 Å². The van der Waals surface area contributed by atoms with Gasteiger partial charge in [-0.1, -0.05) is 6.07 Å². The van der Waals surface area contributed by atoms with Crippen molar-refractivity contribution in [3.8, 4) is 0 Å². The second kappa shape index (κ2) is 7.38.